The van der Waals surface area contributed by atoms with Gasteiger partial charge in [0, 0.05) is 11.3 Å². The van der Waals surface area contributed by atoms with Crippen molar-refractivity contribution in [2.45, 2.75) is 0 Å². The quantitative estimate of drug-likeness (QED) is 0.680. The number of para-hydroxylation sites is 1. The molecule has 0 saturated heterocycles. The molecule has 0 radical (unpaired) electrons. The first-order chi connectivity index (χ1) is 10.5. The van der Waals surface area contributed by atoms with Crippen LogP contribution in [0.25, 0.3) is 0 Å². The third kappa shape index (κ3) is 3.64. The summed E-state index contributed by atoms with van der Waals surface area (Å²) in [6, 6.07) is 14.5. The highest BCUT2D eigenvalue weighted by Crippen LogP contribution is 2.24. The van der Waals surface area contributed by atoms with Crippen LogP contribution in [-0.4, -0.2) is 11.7 Å². The van der Waals surface area contributed by atoms with Gasteiger partial charge in [0.1, 0.15) is 0 Å². The van der Waals surface area contributed by atoms with Crippen LogP contribution in [0.3, 0.4) is 0 Å². The zero-order chi connectivity index (χ0) is 16.1. The van der Waals surface area contributed by atoms with Gasteiger partial charge in [-0.15, -0.1) is 0 Å². The van der Waals surface area contributed by atoms with Crippen molar-refractivity contribution in [3.63, 3.8) is 0 Å². The molecule has 6 heteroatoms. The average Bonchev–Trinajstić information content (AvgIpc) is 2.51. The maximum absolute atomic E-state index is 12.3. The number of hydrogen-bond donors (Lipinski definition) is 1. The van der Waals surface area contributed by atoms with E-state index in [1.807, 2.05) is 0 Å². The molecule has 0 aromatic heterocycles. The Kier molecular flexibility index (Phi) is 5.16. The number of nitrogens with one attached hydrogen (secondary N) is 1. The first-order valence-electron chi connectivity index (χ1n) is 6.27. The van der Waals surface area contributed by atoms with Gasteiger partial charge >= 0.3 is 0 Å². The molecule has 0 aliphatic carbocycles. The summed E-state index contributed by atoms with van der Waals surface area (Å²) in [7, 11) is 0. The number of Topliss-reactive ketones (excluding diaryl/α,β-unsaturated/α-hetero) is 1. The summed E-state index contributed by atoms with van der Waals surface area (Å²) in [5, 5.41) is 12.1. The predicted molar refractivity (Wildman–Crippen MR) is 85.0 cm³/mol. The largest absolute Gasteiger partial charge is 0.325 e. The molecule has 0 fully saturated rings. The molecule has 1 amide bonds. The zero-order valence-electron chi connectivity index (χ0n) is 11.2. The topological polar surface area (TPSA) is 70.0 Å². The van der Waals surface area contributed by atoms with E-state index >= 15 is 0 Å². The number of amides is 1. The maximum atomic E-state index is 12.3. The van der Waals surface area contributed by atoms with Gasteiger partial charge in [0.05, 0.1) is 16.1 Å². The lowest BCUT2D eigenvalue weighted by molar-refractivity contribution is -0.117. The van der Waals surface area contributed by atoms with Gasteiger partial charge in [-0.1, -0.05) is 41.4 Å². The monoisotopic (exact) mass is 332 g/mol. The molecule has 2 rings (SSSR count). The number of hydrogen-bond acceptors (Lipinski definition) is 3. The van der Waals surface area contributed by atoms with E-state index in [0.717, 1.165) is 0 Å². The van der Waals surface area contributed by atoms with E-state index in [-0.39, 0.29) is 10.6 Å². The summed E-state index contributed by atoms with van der Waals surface area (Å²) in [5.74, 6) is -2.78. The normalized spacial score (nSPS) is 11.3. The highest BCUT2D eigenvalue weighted by molar-refractivity contribution is 6.42. The Labute approximate surface area is 137 Å². The highest BCUT2D eigenvalue weighted by Gasteiger charge is 2.28. The van der Waals surface area contributed by atoms with Crippen LogP contribution >= 0.6 is 23.2 Å². The summed E-state index contributed by atoms with van der Waals surface area (Å²) in [5.41, 5.74) is 0.666. The minimum absolute atomic E-state index is 0.157. The first-order valence-corrected chi connectivity index (χ1v) is 7.03. The first kappa shape index (κ1) is 16.0. The number of ketones is 1. The van der Waals surface area contributed by atoms with Crippen LogP contribution in [-0.2, 0) is 4.79 Å². The van der Waals surface area contributed by atoms with Gasteiger partial charge in [0.2, 0.25) is 5.91 Å². The molecule has 1 N–H and O–H groups in total. The second-order valence-corrected chi connectivity index (χ2v) is 5.22. The molecular formula is C16H10Cl2N2O2. The minimum atomic E-state index is -1.46. The van der Waals surface area contributed by atoms with E-state index in [2.05, 4.69) is 5.32 Å². The molecule has 22 heavy (non-hydrogen) atoms. The Bertz CT molecular complexity index is 754. The second-order valence-electron chi connectivity index (χ2n) is 4.41. The van der Waals surface area contributed by atoms with Crippen molar-refractivity contribution in [2.24, 2.45) is 5.92 Å². The predicted octanol–water partition coefficient (Wildman–Crippen LogP) is 3.95. The smallest absolute Gasteiger partial charge is 0.249 e. The van der Waals surface area contributed by atoms with Gasteiger partial charge in [0.15, 0.2) is 11.7 Å². The Morgan fingerprint density at radius 2 is 1.73 bits per heavy atom. The van der Waals surface area contributed by atoms with Crippen molar-refractivity contribution in [3.8, 4) is 6.07 Å². The van der Waals surface area contributed by atoms with Gasteiger partial charge in [-0.2, -0.15) is 5.26 Å². The third-order valence-electron chi connectivity index (χ3n) is 2.90. The van der Waals surface area contributed by atoms with Gasteiger partial charge in [-0.25, -0.2) is 0 Å². The fraction of sp³-hybridized carbons (Fsp3) is 0.0625. The Morgan fingerprint density at radius 1 is 1.05 bits per heavy atom. The average molecular weight is 333 g/mol. The number of benzene rings is 2. The SMILES string of the molecule is N#C[C@@H](C(=O)Nc1ccccc1)C(=O)c1ccc(Cl)c(Cl)c1. The molecule has 1 atom stereocenters. The van der Waals surface area contributed by atoms with Crippen molar-refractivity contribution in [1.29, 1.82) is 5.26 Å². The molecule has 2 aromatic rings. The molecule has 0 heterocycles. The highest BCUT2D eigenvalue weighted by atomic mass is 35.5. The number of rotatable bonds is 4. The number of carbonyl (C=O) groups is 2. The van der Waals surface area contributed by atoms with E-state index in [1.54, 1.807) is 36.4 Å². The van der Waals surface area contributed by atoms with Gasteiger partial charge in [-0.05, 0) is 30.3 Å². The third-order valence-corrected chi connectivity index (χ3v) is 3.64. The molecule has 0 aliphatic heterocycles. The number of carbonyl (C=O) groups excluding carboxylic acids is 2. The van der Waals surface area contributed by atoms with Crippen LogP contribution in [0.2, 0.25) is 10.0 Å². The molecule has 0 aliphatic rings. The summed E-state index contributed by atoms with van der Waals surface area (Å²) < 4.78 is 0. The molecule has 110 valence electrons. The van der Waals surface area contributed by atoms with Crippen LogP contribution in [0, 0.1) is 17.2 Å². The summed E-state index contributed by atoms with van der Waals surface area (Å²) in [6.07, 6.45) is 0. The number of halogens is 2. The summed E-state index contributed by atoms with van der Waals surface area (Å²) >= 11 is 11.6. The Hall–Kier alpha value is -2.35. The fourth-order valence-corrected chi connectivity index (χ4v) is 2.09. The lowest BCUT2D eigenvalue weighted by Crippen LogP contribution is -2.28. The van der Waals surface area contributed by atoms with Crippen LogP contribution in [0.5, 0.6) is 0 Å². The molecule has 0 unspecified atom stereocenters. The van der Waals surface area contributed by atoms with Crippen molar-refractivity contribution in [1.82, 2.24) is 0 Å². The van der Waals surface area contributed by atoms with Crippen LogP contribution in [0.1, 0.15) is 10.4 Å². The molecular weight excluding hydrogens is 323 g/mol. The van der Waals surface area contributed by atoms with Crippen LogP contribution in [0.15, 0.2) is 48.5 Å². The van der Waals surface area contributed by atoms with Crippen LogP contribution < -0.4 is 5.32 Å². The number of nitrogens with zero attached hydrogens (tertiary/aromatic N) is 1. The lowest BCUT2D eigenvalue weighted by atomic mass is 9.98. The number of nitriles is 1. The molecule has 2 aromatic carbocycles. The van der Waals surface area contributed by atoms with E-state index in [9.17, 15) is 9.59 Å². The van der Waals surface area contributed by atoms with Gasteiger partial charge < -0.3 is 5.32 Å². The van der Waals surface area contributed by atoms with E-state index in [1.165, 1.54) is 18.2 Å². The van der Waals surface area contributed by atoms with Gasteiger partial charge in [-0.3, -0.25) is 9.59 Å². The van der Waals surface area contributed by atoms with E-state index in [0.29, 0.717) is 10.7 Å². The van der Waals surface area contributed by atoms with E-state index < -0.39 is 17.6 Å². The fourth-order valence-electron chi connectivity index (χ4n) is 1.79. The number of anilines is 1. The standard InChI is InChI=1S/C16H10Cl2N2O2/c17-13-7-6-10(8-14(13)18)15(21)12(9-19)16(22)20-11-4-2-1-3-5-11/h1-8,12H,(H,20,22)/t12-/m1/s1. The molecule has 0 saturated carbocycles. The van der Waals surface area contributed by atoms with Crippen molar-refractivity contribution >= 4 is 40.6 Å². The van der Waals surface area contributed by atoms with Crippen LogP contribution in [0.4, 0.5) is 5.69 Å². The van der Waals surface area contributed by atoms with Crippen molar-refractivity contribution in [3.05, 3.63) is 64.1 Å². The summed E-state index contributed by atoms with van der Waals surface area (Å²) in [6.45, 7) is 0. The minimum Gasteiger partial charge on any atom is -0.325 e. The molecule has 0 bridgehead atoms. The zero-order valence-corrected chi connectivity index (χ0v) is 12.7. The maximum Gasteiger partial charge on any atom is 0.249 e. The Morgan fingerprint density at radius 3 is 2.32 bits per heavy atom. The second kappa shape index (κ2) is 7.08. The molecule has 4 nitrogen and oxygen atoms in total. The lowest BCUT2D eigenvalue weighted by Gasteiger charge is -2.10. The van der Waals surface area contributed by atoms with Crippen molar-refractivity contribution in [2.75, 3.05) is 5.32 Å². The molecule has 0 spiro atoms. The summed E-state index contributed by atoms with van der Waals surface area (Å²) in [4.78, 5) is 24.4. The van der Waals surface area contributed by atoms with E-state index in [4.69, 9.17) is 28.5 Å². The Balaban J connectivity index is 2.20. The van der Waals surface area contributed by atoms with Gasteiger partial charge in [0.25, 0.3) is 0 Å². The van der Waals surface area contributed by atoms with Crippen molar-refractivity contribution < 1.29 is 9.59 Å².